The van der Waals surface area contributed by atoms with Gasteiger partial charge in [0.1, 0.15) is 12.4 Å². The van der Waals surface area contributed by atoms with E-state index in [1.54, 1.807) is 7.11 Å². The second kappa shape index (κ2) is 12.8. The van der Waals surface area contributed by atoms with Crippen molar-refractivity contribution in [2.75, 3.05) is 20.8 Å². The lowest BCUT2D eigenvalue weighted by Gasteiger charge is -2.22. The van der Waals surface area contributed by atoms with Gasteiger partial charge >= 0.3 is 11.7 Å². The van der Waals surface area contributed by atoms with Crippen molar-refractivity contribution in [3.63, 3.8) is 0 Å². The molecule has 2 aromatic carbocycles. The molecular weight excluding hydrogens is 564 g/mol. The third kappa shape index (κ3) is 5.57. The standard InChI is InChI=1S/C31H34N8O5/c1-43-17-16-37-29-26(30(41)39(31(37)42)19-25(40)44-2)38(28(32-29)22-8-4-3-5-9-22)18-20-12-14-21(15-13-20)23-10-6-7-11-24(23)27-33-35-36-34-27/h6-7,10-15,22H,3-5,8-9,16-19H2,1-2H3,(H,33,34,35,36). The molecule has 1 fully saturated rings. The lowest BCUT2D eigenvalue weighted by atomic mass is 9.88. The molecule has 228 valence electrons. The van der Waals surface area contributed by atoms with E-state index in [1.165, 1.54) is 11.7 Å². The molecule has 6 rings (SSSR count). The van der Waals surface area contributed by atoms with Crippen LogP contribution >= 0.6 is 0 Å². The Morgan fingerprint density at radius 2 is 1.70 bits per heavy atom. The van der Waals surface area contributed by atoms with Crippen molar-refractivity contribution in [2.45, 2.75) is 57.7 Å². The van der Waals surface area contributed by atoms with Gasteiger partial charge in [0, 0.05) is 25.1 Å². The summed E-state index contributed by atoms with van der Waals surface area (Å²) in [5.74, 6) is 0.757. The average Bonchev–Trinajstić information content (AvgIpc) is 3.73. The van der Waals surface area contributed by atoms with Crippen molar-refractivity contribution >= 4 is 17.1 Å². The molecule has 44 heavy (non-hydrogen) atoms. The zero-order valence-corrected chi connectivity index (χ0v) is 24.7. The van der Waals surface area contributed by atoms with E-state index in [2.05, 4.69) is 20.6 Å². The van der Waals surface area contributed by atoms with Gasteiger partial charge in [-0.25, -0.2) is 14.3 Å². The maximum Gasteiger partial charge on any atom is 0.333 e. The van der Waals surface area contributed by atoms with Crippen LogP contribution in [0.2, 0.25) is 0 Å². The van der Waals surface area contributed by atoms with Gasteiger partial charge in [-0.3, -0.25) is 14.2 Å². The summed E-state index contributed by atoms with van der Waals surface area (Å²) in [6.07, 6.45) is 5.21. The van der Waals surface area contributed by atoms with Gasteiger partial charge < -0.3 is 14.0 Å². The lowest BCUT2D eigenvalue weighted by Crippen LogP contribution is -2.43. The zero-order chi connectivity index (χ0) is 30.6. The Morgan fingerprint density at radius 3 is 2.39 bits per heavy atom. The van der Waals surface area contributed by atoms with Crippen LogP contribution in [0.25, 0.3) is 33.7 Å². The van der Waals surface area contributed by atoms with Crippen LogP contribution in [-0.4, -0.2) is 66.1 Å². The highest BCUT2D eigenvalue weighted by Gasteiger charge is 2.28. The molecule has 0 unspecified atom stereocenters. The second-order valence-corrected chi connectivity index (χ2v) is 10.9. The summed E-state index contributed by atoms with van der Waals surface area (Å²) < 4.78 is 14.4. The number of ether oxygens (including phenoxy) is 2. The van der Waals surface area contributed by atoms with Crippen LogP contribution in [0.3, 0.4) is 0 Å². The van der Waals surface area contributed by atoms with E-state index in [9.17, 15) is 14.4 Å². The van der Waals surface area contributed by atoms with Gasteiger partial charge in [-0.15, -0.1) is 10.2 Å². The Kier molecular flexibility index (Phi) is 8.46. The normalized spacial score (nSPS) is 13.9. The van der Waals surface area contributed by atoms with Gasteiger partial charge in [-0.1, -0.05) is 67.8 Å². The van der Waals surface area contributed by atoms with Gasteiger partial charge in [-0.2, -0.15) is 5.21 Å². The number of nitrogens with zero attached hydrogens (tertiary/aromatic N) is 7. The van der Waals surface area contributed by atoms with Gasteiger partial charge in [0.15, 0.2) is 11.2 Å². The summed E-state index contributed by atoms with van der Waals surface area (Å²) in [6.45, 7) is 0.299. The Balaban J connectivity index is 1.47. The monoisotopic (exact) mass is 598 g/mol. The maximum absolute atomic E-state index is 14.0. The molecule has 3 heterocycles. The average molecular weight is 599 g/mol. The number of H-pyrrole nitrogens is 1. The fourth-order valence-corrected chi connectivity index (χ4v) is 6.04. The number of esters is 1. The highest BCUT2D eigenvalue weighted by atomic mass is 16.5. The van der Waals surface area contributed by atoms with Crippen LogP contribution in [0.15, 0.2) is 58.1 Å². The highest BCUT2D eigenvalue weighted by Crippen LogP contribution is 2.34. The topological polar surface area (TPSA) is 152 Å². The van der Waals surface area contributed by atoms with Crippen molar-refractivity contribution in [3.8, 4) is 22.5 Å². The van der Waals surface area contributed by atoms with Crippen molar-refractivity contribution in [3.05, 3.63) is 80.8 Å². The molecule has 3 aromatic heterocycles. The molecule has 13 heteroatoms. The number of tetrazole rings is 1. The molecule has 0 bridgehead atoms. The number of nitrogens with one attached hydrogen (secondary N) is 1. The number of hydrogen-bond donors (Lipinski definition) is 1. The number of methoxy groups -OCH3 is 2. The summed E-state index contributed by atoms with van der Waals surface area (Å²) in [5.41, 5.74) is 3.17. The third-order valence-corrected chi connectivity index (χ3v) is 8.27. The first-order valence-corrected chi connectivity index (χ1v) is 14.7. The van der Waals surface area contributed by atoms with Crippen molar-refractivity contribution in [2.24, 2.45) is 0 Å². The summed E-state index contributed by atoms with van der Waals surface area (Å²) >= 11 is 0. The molecule has 0 atom stereocenters. The number of carbonyl (C=O) groups excluding carboxylic acids is 1. The summed E-state index contributed by atoms with van der Waals surface area (Å²) in [5, 5.41) is 14.5. The van der Waals surface area contributed by atoms with Crippen LogP contribution in [-0.2, 0) is 33.9 Å². The van der Waals surface area contributed by atoms with E-state index < -0.39 is 23.8 Å². The summed E-state index contributed by atoms with van der Waals surface area (Å²) in [4.78, 5) is 44.7. The van der Waals surface area contributed by atoms with Gasteiger partial charge in [0.25, 0.3) is 5.56 Å². The van der Waals surface area contributed by atoms with Crippen molar-refractivity contribution in [1.82, 2.24) is 39.3 Å². The minimum atomic E-state index is -0.683. The highest BCUT2D eigenvalue weighted by molar-refractivity contribution is 5.80. The molecule has 0 radical (unpaired) electrons. The smallest absolute Gasteiger partial charge is 0.333 e. The van der Waals surface area contributed by atoms with E-state index in [0.29, 0.717) is 18.0 Å². The first-order chi connectivity index (χ1) is 21.5. The van der Waals surface area contributed by atoms with Crippen LogP contribution in [0.1, 0.15) is 49.4 Å². The Bertz CT molecular complexity index is 1880. The van der Waals surface area contributed by atoms with Gasteiger partial charge in [-0.05, 0) is 34.7 Å². The lowest BCUT2D eigenvalue weighted by molar-refractivity contribution is -0.141. The predicted molar refractivity (Wildman–Crippen MR) is 162 cm³/mol. The Hall–Kier alpha value is -4.91. The van der Waals surface area contributed by atoms with Gasteiger partial charge in [0.05, 0.1) is 20.3 Å². The number of imidazole rings is 1. The van der Waals surface area contributed by atoms with E-state index >= 15 is 0 Å². The van der Waals surface area contributed by atoms with E-state index in [4.69, 9.17) is 14.5 Å². The molecule has 0 saturated heterocycles. The first kappa shape index (κ1) is 29.2. The number of fused-ring (bicyclic) bond motifs is 1. The Labute approximate surface area is 252 Å². The number of hydrogen-bond acceptors (Lipinski definition) is 9. The minimum Gasteiger partial charge on any atom is -0.468 e. The van der Waals surface area contributed by atoms with Crippen LogP contribution in [0.5, 0.6) is 0 Å². The van der Waals surface area contributed by atoms with Gasteiger partial charge in [0.2, 0.25) is 5.82 Å². The fourth-order valence-electron chi connectivity index (χ4n) is 6.04. The quantitative estimate of drug-likeness (QED) is 0.239. The van der Waals surface area contributed by atoms with Crippen LogP contribution < -0.4 is 11.2 Å². The fraction of sp³-hybridized carbons (Fsp3) is 0.387. The number of carbonyl (C=O) groups is 1. The molecule has 5 aromatic rings. The van der Waals surface area contributed by atoms with E-state index in [1.807, 2.05) is 53.1 Å². The molecule has 0 spiro atoms. The Morgan fingerprint density at radius 1 is 0.955 bits per heavy atom. The largest absolute Gasteiger partial charge is 0.468 e. The van der Waals surface area contributed by atoms with E-state index in [0.717, 1.165) is 64.7 Å². The number of benzene rings is 2. The third-order valence-electron chi connectivity index (χ3n) is 8.27. The SMILES string of the molecule is COCCn1c(=O)n(CC(=O)OC)c(=O)c2c1nc(C1CCCCC1)n2Cc1ccc(-c2ccccc2-c2nn[nH]n2)cc1. The summed E-state index contributed by atoms with van der Waals surface area (Å²) in [6, 6.07) is 15.9. The van der Waals surface area contributed by atoms with Crippen LogP contribution in [0.4, 0.5) is 0 Å². The molecule has 13 nitrogen and oxygen atoms in total. The molecule has 1 saturated carbocycles. The number of rotatable bonds is 10. The molecule has 1 N–H and O–H groups in total. The minimum absolute atomic E-state index is 0.150. The molecule has 1 aliphatic carbocycles. The first-order valence-electron chi connectivity index (χ1n) is 14.7. The molecule has 0 aliphatic heterocycles. The zero-order valence-electron chi connectivity index (χ0n) is 24.7. The molecule has 0 amide bonds. The molecule has 1 aliphatic rings. The molecular formula is C31H34N8O5. The second-order valence-electron chi connectivity index (χ2n) is 10.9. The van der Waals surface area contributed by atoms with Crippen molar-refractivity contribution < 1.29 is 14.3 Å². The van der Waals surface area contributed by atoms with Crippen molar-refractivity contribution in [1.29, 1.82) is 0 Å². The maximum atomic E-state index is 14.0. The number of aromatic amines is 1. The van der Waals surface area contributed by atoms with Crippen LogP contribution in [0, 0.1) is 0 Å². The number of aromatic nitrogens is 8. The predicted octanol–water partition coefficient (Wildman–Crippen LogP) is 3.12. The summed E-state index contributed by atoms with van der Waals surface area (Å²) in [7, 11) is 2.77. The van der Waals surface area contributed by atoms with E-state index in [-0.39, 0.29) is 24.6 Å².